The molecule has 0 aliphatic heterocycles. The predicted octanol–water partition coefficient (Wildman–Crippen LogP) is 1.77. The zero-order valence-corrected chi connectivity index (χ0v) is 12.7. The van der Waals surface area contributed by atoms with E-state index in [1.54, 1.807) is 0 Å². The molecule has 1 aromatic carbocycles. The van der Waals surface area contributed by atoms with Crippen LogP contribution in [0.1, 0.15) is 24.0 Å². The third-order valence-electron chi connectivity index (χ3n) is 3.14. The molecule has 2 N–H and O–H groups in total. The van der Waals surface area contributed by atoms with Gasteiger partial charge in [-0.2, -0.15) is 13.2 Å². The van der Waals surface area contributed by atoms with Gasteiger partial charge in [0.1, 0.15) is 6.04 Å². The maximum Gasteiger partial charge on any atom is 0.416 e. The Morgan fingerprint density at radius 2 is 1.79 bits per heavy atom. The fraction of sp³-hybridized carbons (Fsp3) is 0.400. The molecule has 6 nitrogen and oxygen atoms in total. The fourth-order valence-electron chi connectivity index (χ4n) is 1.86. The molecular weight excluding hydrogens is 331 g/mol. The van der Waals surface area contributed by atoms with E-state index < -0.39 is 35.6 Å². The van der Waals surface area contributed by atoms with Crippen molar-refractivity contribution >= 4 is 17.8 Å². The summed E-state index contributed by atoms with van der Waals surface area (Å²) >= 11 is 0. The van der Waals surface area contributed by atoms with Crippen LogP contribution in [0.4, 0.5) is 13.2 Å². The van der Waals surface area contributed by atoms with Gasteiger partial charge >= 0.3 is 18.1 Å². The highest BCUT2D eigenvalue weighted by Gasteiger charge is 2.30. The number of hydrogen-bond donors (Lipinski definition) is 2. The number of methoxy groups -OCH3 is 1. The van der Waals surface area contributed by atoms with E-state index in [1.165, 1.54) is 0 Å². The lowest BCUT2D eigenvalue weighted by Gasteiger charge is -2.14. The van der Waals surface area contributed by atoms with Crippen LogP contribution in [0.25, 0.3) is 0 Å². The van der Waals surface area contributed by atoms with Crippen LogP contribution < -0.4 is 5.32 Å². The van der Waals surface area contributed by atoms with E-state index in [1.807, 2.05) is 0 Å². The second-order valence-electron chi connectivity index (χ2n) is 4.94. The standard InChI is InChI=1S/C15H16F3NO5/c1-24-13(21)7-6-11(14(22)23)19-12(20)8-9-2-4-10(5-3-9)15(16,17)18/h2-5,11H,6-8H2,1H3,(H,19,20)(H,22,23)/t11-/m1/s1. The number of hydrogen-bond acceptors (Lipinski definition) is 4. The monoisotopic (exact) mass is 347 g/mol. The Morgan fingerprint density at radius 3 is 2.25 bits per heavy atom. The molecule has 0 spiro atoms. The van der Waals surface area contributed by atoms with E-state index >= 15 is 0 Å². The lowest BCUT2D eigenvalue weighted by Crippen LogP contribution is -2.41. The van der Waals surface area contributed by atoms with Crippen molar-refractivity contribution in [3.63, 3.8) is 0 Å². The number of alkyl halides is 3. The van der Waals surface area contributed by atoms with Gasteiger partial charge < -0.3 is 15.2 Å². The van der Waals surface area contributed by atoms with Crippen molar-refractivity contribution < 1.29 is 37.4 Å². The van der Waals surface area contributed by atoms with Crippen LogP contribution in [0, 0.1) is 0 Å². The zero-order chi connectivity index (χ0) is 18.3. The SMILES string of the molecule is COC(=O)CC[C@@H](NC(=O)Cc1ccc(C(F)(F)F)cc1)C(=O)O. The molecule has 9 heteroatoms. The third kappa shape index (κ3) is 6.27. The van der Waals surface area contributed by atoms with Crippen LogP contribution in [-0.2, 0) is 31.7 Å². The number of nitrogens with one attached hydrogen (secondary N) is 1. The van der Waals surface area contributed by atoms with E-state index in [9.17, 15) is 27.6 Å². The molecule has 1 amide bonds. The van der Waals surface area contributed by atoms with E-state index in [4.69, 9.17) is 5.11 Å². The van der Waals surface area contributed by atoms with Crippen molar-refractivity contribution in [1.82, 2.24) is 5.32 Å². The Hall–Kier alpha value is -2.58. The molecule has 0 saturated heterocycles. The van der Waals surface area contributed by atoms with Gasteiger partial charge in [0.25, 0.3) is 0 Å². The molecule has 0 heterocycles. The highest BCUT2D eigenvalue weighted by Crippen LogP contribution is 2.29. The molecule has 0 fully saturated rings. The first-order valence-electron chi connectivity index (χ1n) is 6.88. The van der Waals surface area contributed by atoms with Gasteiger partial charge in [-0.25, -0.2) is 4.79 Å². The van der Waals surface area contributed by atoms with Gasteiger partial charge in [-0.05, 0) is 24.1 Å². The Kier molecular flexibility index (Phi) is 6.75. The van der Waals surface area contributed by atoms with Gasteiger partial charge in [0.05, 0.1) is 19.1 Å². The van der Waals surface area contributed by atoms with Crippen LogP contribution in [-0.4, -0.2) is 36.1 Å². The Morgan fingerprint density at radius 1 is 1.21 bits per heavy atom. The predicted molar refractivity (Wildman–Crippen MR) is 76.0 cm³/mol. The minimum atomic E-state index is -4.47. The van der Waals surface area contributed by atoms with Gasteiger partial charge in [-0.3, -0.25) is 9.59 Å². The Bertz CT molecular complexity index is 598. The minimum Gasteiger partial charge on any atom is -0.480 e. The van der Waals surface area contributed by atoms with Crippen molar-refractivity contribution in [2.24, 2.45) is 0 Å². The van der Waals surface area contributed by atoms with Crippen LogP contribution in [0.2, 0.25) is 0 Å². The van der Waals surface area contributed by atoms with E-state index in [-0.39, 0.29) is 19.3 Å². The lowest BCUT2D eigenvalue weighted by atomic mass is 10.1. The second-order valence-corrected chi connectivity index (χ2v) is 4.94. The Labute approximate surface area is 135 Å². The number of amides is 1. The van der Waals surface area contributed by atoms with Crippen LogP contribution in [0.15, 0.2) is 24.3 Å². The minimum absolute atomic E-state index is 0.152. The second kappa shape index (κ2) is 8.32. The molecule has 1 rings (SSSR count). The number of rotatable bonds is 7. The number of aliphatic carboxylic acids is 1. The number of carboxylic acid groups (broad SMARTS) is 1. The molecule has 0 aromatic heterocycles. The number of halogens is 3. The molecule has 0 aliphatic carbocycles. The largest absolute Gasteiger partial charge is 0.480 e. The summed E-state index contributed by atoms with van der Waals surface area (Å²) in [5.41, 5.74) is -0.536. The first-order chi connectivity index (χ1) is 11.1. The number of esters is 1. The molecule has 0 radical (unpaired) electrons. The number of ether oxygens (including phenoxy) is 1. The maximum absolute atomic E-state index is 12.4. The van der Waals surface area contributed by atoms with Crippen molar-refractivity contribution in [3.8, 4) is 0 Å². The van der Waals surface area contributed by atoms with Gasteiger partial charge in [-0.1, -0.05) is 12.1 Å². The van der Waals surface area contributed by atoms with Crippen molar-refractivity contribution in [2.45, 2.75) is 31.5 Å². The topological polar surface area (TPSA) is 92.7 Å². The van der Waals surface area contributed by atoms with Crippen LogP contribution >= 0.6 is 0 Å². The number of benzene rings is 1. The third-order valence-corrected chi connectivity index (χ3v) is 3.14. The maximum atomic E-state index is 12.4. The average molecular weight is 347 g/mol. The Balaban J connectivity index is 2.62. The summed E-state index contributed by atoms with van der Waals surface area (Å²) in [5.74, 6) is -2.61. The summed E-state index contributed by atoms with van der Waals surface area (Å²) in [5, 5.41) is 11.2. The smallest absolute Gasteiger partial charge is 0.416 e. The summed E-state index contributed by atoms with van der Waals surface area (Å²) in [7, 11) is 1.15. The first kappa shape index (κ1) is 19.5. The number of carboxylic acids is 1. The van der Waals surface area contributed by atoms with Crippen molar-refractivity contribution in [2.75, 3.05) is 7.11 Å². The average Bonchev–Trinajstić information content (AvgIpc) is 2.50. The molecule has 1 aromatic rings. The quantitative estimate of drug-likeness (QED) is 0.734. The van der Waals surface area contributed by atoms with E-state index in [0.717, 1.165) is 31.4 Å². The highest BCUT2D eigenvalue weighted by atomic mass is 19.4. The van der Waals surface area contributed by atoms with Gasteiger partial charge in [0, 0.05) is 6.42 Å². The van der Waals surface area contributed by atoms with Gasteiger partial charge in [0.15, 0.2) is 0 Å². The van der Waals surface area contributed by atoms with E-state index in [2.05, 4.69) is 10.1 Å². The number of carbonyl (C=O) groups excluding carboxylic acids is 2. The molecule has 1 atom stereocenters. The molecule has 0 unspecified atom stereocenters. The highest BCUT2D eigenvalue weighted by molar-refractivity contribution is 5.85. The molecule has 132 valence electrons. The molecular formula is C15H16F3NO5. The summed E-state index contributed by atoms with van der Waals surface area (Å²) in [6, 6.07) is 2.69. The number of carbonyl (C=O) groups is 3. The summed E-state index contributed by atoms with van der Waals surface area (Å²) in [6.45, 7) is 0. The van der Waals surface area contributed by atoms with E-state index in [0.29, 0.717) is 5.56 Å². The summed E-state index contributed by atoms with van der Waals surface area (Å²) in [6.07, 6.45) is -5.09. The van der Waals surface area contributed by atoms with Crippen LogP contribution in [0.5, 0.6) is 0 Å². The van der Waals surface area contributed by atoms with Crippen molar-refractivity contribution in [3.05, 3.63) is 35.4 Å². The molecule has 24 heavy (non-hydrogen) atoms. The lowest BCUT2D eigenvalue weighted by molar-refractivity contribution is -0.144. The molecule has 0 bridgehead atoms. The molecule has 0 saturated carbocycles. The van der Waals surface area contributed by atoms with Crippen LogP contribution in [0.3, 0.4) is 0 Å². The normalized spacial score (nSPS) is 12.3. The van der Waals surface area contributed by atoms with Gasteiger partial charge in [-0.15, -0.1) is 0 Å². The summed E-state index contributed by atoms with van der Waals surface area (Å²) < 4.78 is 41.7. The summed E-state index contributed by atoms with van der Waals surface area (Å²) in [4.78, 5) is 33.9. The first-order valence-corrected chi connectivity index (χ1v) is 6.88. The van der Waals surface area contributed by atoms with Crippen molar-refractivity contribution in [1.29, 1.82) is 0 Å². The zero-order valence-electron chi connectivity index (χ0n) is 12.7. The van der Waals surface area contributed by atoms with Gasteiger partial charge in [0.2, 0.25) is 5.91 Å². The molecule has 0 aliphatic rings. The fourth-order valence-corrected chi connectivity index (χ4v) is 1.86.